The average molecular weight is 394 g/mol. The van der Waals surface area contributed by atoms with Gasteiger partial charge in [-0.15, -0.1) is 0 Å². The second-order valence-corrected chi connectivity index (χ2v) is 10.0. The third kappa shape index (κ3) is 5.09. The van der Waals surface area contributed by atoms with Gasteiger partial charge >= 0.3 is 0 Å². The fraction of sp³-hybridized carbons (Fsp3) is 0.957. The molecule has 2 saturated heterocycles. The normalized spacial score (nSPS) is 33.2. The summed E-state index contributed by atoms with van der Waals surface area (Å²) in [5.74, 6) is 2.26. The van der Waals surface area contributed by atoms with Crippen LogP contribution in [-0.4, -0.2) is 85.2 Å². The maximum Gasteiger partial charge on any atom is 0.227 e. The van der Waals surface area contributed by atoms with Crippen LogP contribution in [0.4, 0.5) is 0 Å². The highest BCUT2D eigenvalue weighted by atomic mass is 16.5. The molecular formula is C23H43N3O2. The first-order valence-electron chi connectivity index (χ1n) is 11.7. The molecule has 3 fully saturated rings. The van der Waals surface area contributed by atoms with Gasteiger partial charge in [0.25, 0.3) is 0 Å². The average Bonchev–Trinajstić information content (AvgIpc) is 3.18. The predicted molar refractivity (Wildman–Crippen MR) is 114 cm³/mol. The Labute approximate surface area is 172 Å². The lowest BCUT2D eigenvalue weighted by atomic mass is 9.79. The summed E-state index contributed by atoms with van der Waals surface area (Å²) in [5.41, 5.74) is 0. The summed E-state index contributed by atoms with van der Waals surface area (Å²) >= 11 is 0. The van der Waals surface area contributed by atoms with Crippen molar-refractivity contribution in [2.75, 3.05) is 46.4 Å². The first-order valence-corrected chi connectivity index (χ1v) is 11.7. The van der Waals surface area contributed by atoms with Gasteiger partial charge in [0, 0.05) is 45.4 Å². The Morgan fingerprint density at radius 1 is 0.964 bits per heavy atom. The van der Waals surface area contributed by atoms with E-state index in [1.165, 1.54) is 25.7 Å². The van der Waals surface area contributed by atoms with Gasteiger partial charge in [0.1, 0.15) is 0 Å². The predicted octanol–water partition coefficient (Wildman–Crippen LogP) is 3.09. The molecule has 0 bridgehead atoms. The first-order chi connectivity index (χ1) is 13.4. The molecule has 0 unspecified atom stereocenters. The van der Waals surface area contributed by atoms with Crippen LogP contribution in [0.3, 0.4) is 0 Å². The monoisotopic (exact) mass is 393 g/mol. The van der Waals surface area contributed by atoms with Crippen LogP contribution < -0.4 is 0 Å². The van der Waals surface area contributed by atoms with E-state index in [0.717, 1.165) is 51.0 Å². The molecule has 28 heavy (non-hydrogen) atoms. The van der Waals surface area contributed by atoms with E-state index in [1.807, 2.05) is 0 Å². The lowest BCUT2D eigenvalue weighted by Crippen LogP contribution is -2.60. The van der Waals surface area contributed by atoms with Gasteiger partial charge in [-0.25, -0.2) is 0 Å². The van der Waals surface area contributed by atoms with E-state index in [9.17, 15) is 4.79 Å². The minimum Gasteiger partial charge on any atom is -0.382 e. The molecule has 1 amide bonds. The molecule has 2 heterocycles. The van der Waals surface area contributed by atoms with Crippen molar-refractivity contribution in [3.8, 4) is 0 Å². The zero-order valence-electron chi connectivity index (χ0n) is 18.9. The van der Waals surface area contributed by atoms with Crippen molar-refractivity contribution in [1.82, 2.24) is 14.7 Å². The molecule has 2 atom stereocenters. The highest BCUT2D eigenvalue weighted by Crippen LogP contribution is 2.33. The quantitative estimate of drug-likeness (QED) is 0.695. The maximum atomic E-state index is 13.3. The Bertz CT molecular complexity index is 502. The number of amides is 1. The van der Waals surface area contributed by atoms with Crippen LogP contribution >= 0.6 is 0 Å². The van der Waals surface area contributed by atoms with Crippen LogP contribution in [0.25, 0.3) is 0 Å². The van der Waals surface area contributed by atoms with E-state index in [4.69, 9.17) is 4.74 Å². The van der Waals surface area contributed by atoms with Crippen molar-refractivity contribution >= 4 is 5.91 Å². The minimum atomic E-state index is 0.176. The second kappa shape index (κ2) is 9.90. The number of likely N-dealkylation sites (tertiary alicyclic amines) is 1. The molecule has 1 aliphatic carbocycles. The number of carbonyl (C=O) groups excluding carboxylic acids is 1. The van der Waals surface area contributed by atoms with Crippen LogP contribution in [-0.2, 0) is 9.53 Å². The van der Waals surface area contributed by atoms with Crippen molar-refractivity contribution in [2.24, 2.45) is 17.8 Å². The lowest BCUT2D eigenvalue weighted by molar-refractivity contribution is -0.142. The molecule has 2 aliphatic heterocycles. The Balaban J connectivity index is 1.56. The fourth-order valence-electron chi connectivity index (χ4n) is 5.66. The number of piperazine rings is 1. The Morgan fingerprint density at radius 2 is 1.68 bits per heavy atom. The number of rotatable bonds is 6. The van der Waals surface area contributed by atoms with Crippen molar-refractivity contribution in [3.63, 3.8) is 0 Å². The van der Waals surface area contributed by atoms with Crippen LogP contribution in [0.15, 0.2) is 0 Å². The van der Waals surface area contributed by atoms with E-state index in [2.05, 4.69) is 42.4 Å². The van der Waals surface area contributed by atoms with E-state index in [0.29, 0.717) is 24.6 Å². The smallest absolute Gasteiger partial charge is 0.227 e. The van der Waals surface area contributed by atoms with Crippen molar-refractivity contribution in [3.05, 3.63) is 0 Å². The molecule has 5 nitrogen and oxygen atoms in total. The molecule has 1 saturated carbocycles. The Morgan fingerprint density at radius 3 is 2.25 bits per heavy atom. The molecule has 0 aromatic carbocycles. The van der Waals surface area contributed by atoms with Gasteiger partial charge in [-0.3, -0.25) is 9.69 Å². The van der Waals surface area contributed by atoms with E-state index in [-0.39, 0.29) is 12.0 Å². The highest BCUT2D eigenvalue weighted by Gasteiger charge is 2.39. The van der Waals surface area contributed by atoms with E-state index < -0.39 is 0 Å². The molecule has 3 aliphatic rings. The summed E-state index contributed by atoms with van der Waals surface area (Å²) in [7, 11) is 1.77. The number of methoxy groups -OCH3 is 1. The summed E-state index contributed by atoms with van der Waals surface area (Å²) in [6.45, 7) is 14.7. The van der Waals surface area contributed by atoms with Gasteiger partial charge in [0.2, 0.25) is 5.91 Å². The molecule has 0 N–H and O–H groups in total. The van der Waals surface area contributed by atoms with Gasteiger partial charge in [-0.05, 0) is 64.3 Å². The molecule has 3 rings (SSSR count). The molecule has 162 valence electrons. The number of hydrogen-bond acceptors (Lipinski definition) is 4. The van der Waals surface area contributed by atoms with Crippen molar-refractivity contribution in [2.45, 2.75) is 77.9 Å². The minimum absolute atomic E-state index is 0.176. The van der Waals surface area contributed by atoms with Crippen LogP contribution in [0.5, 0.6) is 0 Å². The standard InChI is InChI=1S/C23H43N3O2/c1-17(2)19-6-8-21(9-7-19)25-12-13-26(22(15-25)16-28-5)23(27)20-10-11-24(14-20)18(3)4/h17-22H,6-16H2,1-5H3/t19?,20-,21?,22+/m0/s1. The van der Waals surface area contributed by atoms with Crippen molar-refractivity contribution < 1.29 is 9.53 Å². The van der Waals surface area contributed by atoms with Gasteiger partial charge in [0.05, 0.1) is 18.6 Å². The summed E-state index contributed by atoms with van der Waals surface area (Å²) in [6.07, 6.45) is 6.38. The lowest BCUT2D eigenvalue weighted by Gasteiger charge is -2.46. The van der Waals surface area contributed by atoms with Crippen molar-refractivity contribution in [1.29, 1.82) is 0 Å². The third-order valence-electron chi connectivity index (χ3n) is 7.66. The van der Waals surface area contributed by atoms with E-state index >= 15 is 0 Å². The summed E-state index contributed by atoms with van der Waals surface area (Å²) in [5, 5.41) is 0. The Hall–Kier alpha value is -0.650. The first kappa shape index (κ1) is 22.0. The second-order valence-electron chi connectivity index (χ2n) is 10.0. The highest BCUT2D eigenvalue weighted by molar-refractivity contribution is 5.80. The van der Waals surface area contributed by atoms with Crippen LogP contribution in [0.2, 0.25) is 0 Å². The fourth-order valence-corrected chi connectivity index (χ4v) is 5.66. The van der Waals surface area contributed by atoms with Crippen LogP contribution in [0.1, 0.15) is 59.8 Å². The van der Waals surface area contributed by atoms with Gasteiger partial charge < -0.3 is 14.5 Å². The molecule has 0 spiro atoms. The Kier molecular flexibility index (Phi) is 7.80. The number of nitrogens with zero attached hydrogens (tertiary/aromatic N) is 3. The maximum absolute atomic E-state index is 13.3. The topological polar surface area (TPSA) is 36.0 Å². The number of carbonyl (C=O) groups is 1. The van der Waals surface area contributed by atoms with E-state index in [1.54, 1.807) is 7.11 Å². The zero-order chi connectivity index (χ0) is 20.3. The molecule has 0 aromatic rings. The van der Waals surface area contributed by atoms with Gasteiger partial charge in [-0.2, -0.15) is 0 Å². The van der Waals surface area contributed by atoms with Gasteiger partial charge in [-0.1, -0.05) is 13.8 Å². The zero-order valence-corrected chi connectivity index (χ0v) is 18.9. The van der Waals surface area contributed by atoms with Crippen LogP contribution in [0, 0.1) is 17.8 Å². The van der Waals surface area contributed by atoms with Gasteiger partial charge in [0.15, 0.2) is 0 Å². The summed E-state index contributed by atoms with van der Waals surface area (Å²) in [6, 6.07) is 1.45. The number of ether oxygens (including phenoxy) is 1. The molecule has 5 heteroatoms. The molecular weight excluding hydrogens is 350 g/mol. The summed E-state index contributed by atoms with van der Waals surface area (Å²) < 4.78 is 5.54. The third-order valence-corrected chi connectivity index (χ3v) is 7.66. The summed E-state index contributed by atoms with van der Waals surface area (Å²) in [4.78, 5) is 20.5. The molecule has 0 aromatic heterocycles. The SMILES string of the molecule is COC[C@H]1CN(C2CCC(C(C)C)CC2)CCN1C(=O)[C@H]1CCN(C(C)C)C1. The molecule has 0 radical (unpaired) electrons. The number of hydrogen-bond donors (Lipinski definition) is 0. The largest absolute Gasteiger partial charge is 0.382 e.